The summed E-state index contributed by atoms with van der Waals surface area (Å²) in [5, 5.41) is 7.85. The van der Waals surface area contributed by atoms with Crippen LogP contribution in [0.4, 0.5) is 5.13 Å². The van der Waals surface area contributed by atoms with Crippen LogP contribution >= 0.6 is 11.3 Å². The van der Waals surface area contributed by atoms with E-state index in [1.165, 1.54) is 11.3 Å². The Morgan fingerprint density at radius 1 is 1.23 bits per heavy atom. The fraction of sp³-hybridized carbons (Fsp3) is 0.312. The standard InChI is InChI=1S/C16H19N3O2S/c1-11(2)14(15(21)19-16-17-8-9-22-16)18-13(20)10-12-6-4-3-5-7-12/h3-9,11,14H,10H2,1-2H3,(H,18,20)(H,17,19,21)/t14-/m1/s1. The number of amides is 2. The average molecular weight is 317 g/mol. The van der Waals surface area contributed by atoms with Crippen molar-refractivity contribution >= 4 is 28.3 Å². The van der Waals surface area contributed by atoms with E-state index < -0.39 is 6.04 Å². The van der Waals surface area contributed by atoms with E-state index in [1.54, 1.807) is 11.6 Å². The van der Waals surface area contributed by atoms with Crippen LogP contribution in [0.15, 0.2) is 41.9 Å². The topological polar surface area (TPSA) is 71.1 Å². The predicted octanol–water partition coefficient (Wildman–Crippen LogP) is 2.47. The van der Waals surface area contributed by atoms with Gasteiger partial charge in [0.25, 0.3) is 0 Å². The van der Waals surface area contributed by atoms with Gasteiger partial charge in [-0.15, -0.1) is 11.3 Å². The van der Waals surface area contributed by atoms with Crippen LogP contribution in [0.3, 0.4) is 0 Å². The maximum Gasteiger partial charge on any atom is 0.248 e. The smallest absolute Gasteiger partial charge is 0.248 e. The molecule has 1 atom stereocenters. The number of nitrogens with one attached hydrogen (secondary N) is 2. The highest BCUT2D eigenvalue weighted by Crippen LogP contribution is 2.12. The lowest BCUT2D eigenvalue weighted by atomic mass is 10.0. The monoisotopic (exact) mass is 317 g/mol. The lowest BCUT2D eigenvalue weighted by molar-refractivity contribution is -0.127. The molecule has 22 heavy (non-hydrogen) atoms. The number of rotatable bonds is 6. The number of carbonyl (C=O) groups is 2. The molecule has 0 fully saturated rings. The zero-order valence-corrected chi connectivity index (χ0v) is 13.4. The Kier molecular flexibility index (Phi) is 5.66. The summed E-state index contributed by atoms with van der Waals surface area (Å²) in [5.74, 6) is -0.426. The molecule has 1 aromatic carbocycles. The summed E-state index contributed by atoms with van der Waals surface area (Å²) in [4.78, 5) is 28.4. The molecule has 0 aliphatic heterocycles. The molecule has 0 unspecified atom stereocenters. The van der Waals surface area contributed by atoms with Gasteiger partial charge in [-0.05, 0) is 11.5 Å². The predicted molar refractivity (Wildman–Crippen MR) is 87.7 cm³/mol. The first-order valence-electron chi connectivity index (χ1n) is 7.10. The summed E-state index contributed by atoms with van der Waals surface area (Å²) >= 11 is 1.35. The molecule has 1 heterocycles. The van der Waals surface area contributed by atoms with Crippen molar-refractivity contribution in [1.29, 1.82) is 0 Å². The number of thiazole rings is 1. The van der Waals surface area contributed by atoms with E-state index >= 15 is 0 Å². The summed E-state index contributed by atoms with van der Waals surface area (Å²) in [6.45, 7) is 3.80. The van der Waals surface area contributed by atoms with E-state index in [1.807, 2.05) is 44.2 Å². The summed E-state index contributed by atoms with van der Waals surface area (Å²) in [7, 11) is 0. The molecule has 2 rings (SSSR count). The van der Waals surface area contributed by atoms with E-state index in [0.29, 0.717) is 5.13 Å². The van der Waals surface area contributed by atoms with E-state index in [4.69, 9.17) is 0 Å². The first-order chi connectivity index (χ1) is 10.6. The molecular weight excluding hydrogens is 298 g/mol. The first-order valence-corrected chi connectivity index (χ1v) is 7.98. The van der Waals surface area contributed by atoms with Crippen molar-refractivity contribution in [3.8, 4) is 0 Å². The average Bonchev–Trinajstić information content (AvgIpc) is 2.98. The summed E-state index contributed by atoms with van der Waals surface area (Å²) in [5.41, 5.74) is 0.919. The Balaban J connectivity index is 1.96. The second kappa shape index (κ2) is 7.70. The molecule has 0 aliphatic rings. The maximum absolute atomic E-state index is 12.3. The number of hydrogen-bond acceptors (Lipinski definition) is 4. The first kappa shape index (κ1) is 16.2. The second-order valence-corrected chi connectivity index (χ2v) is 6.17. The normalized spacial score (nSPS) is 12.0. The van der Waals surface area contributed by atoms with Crippen LogP contribution in [0.1, 0.15) is 19.4 Å². The third-order valence-corrected chi connectivity index (χ3v) is 3.82. The van der Waals surface area contributed by atoms with Crippen molar-refractivity contribution in [2.75, 3.05) is 5.32 Å². The van der Waals surface area contributed by atoms with Crippen molar-refractivity contribution in [3.05, 3.63) is 47.5 Å². The fourth-order valence-corrected chi connectivity index (χ4v) is 2.54. The number of aromatic nitrogens is 1. The molecule has 2 aromatic rings. The molecule has 0 aliphatic carbocycles. The summed E-state index contributed by atoms with van der Waals surface area (Å²) < 4.78 is 0. The Labute approximate surface area is 133 Å². The van der Waals surface area contributed by atoms with Crippen LogP contribution in [0.25, 0.3) is 0 Å². The lowest BCUT2D eigenvalue weighted by Gasteiger charge is -2.21. The van der Waals surface area contributed by atoms with Crippen molar-refractivity contribution in [2.24, 2.45) is 5.92 Å². The Bertz CT molecular complexity index is 612. The van der Waals surface area contributed by atoms with Crippen molar-refractivity contribution in [2.45, 2.75) is 26.3 Å². The number of nitrogens with zero attached hydrogens (tertiary/aromatic N) is 1. The molecule has 6 heteroatoms. The minimum atomic E-state index is -0.583. The van der Waals surface area contributed by atoms with E-state index in [-0.39, 0.29) is 24.2 Å². The van der Waals surface area contributed by atoms with Crippen LogP contribution in [0, 0.1) is 5.92 Å². The number of carbonyl (C=O) groups excluding carboxylic acids is 2. The van der Waals surface area contributed by atoms with Gasteiger partial charge in [0.1, 0.15) is 6.04 Å². The molecule has 0 bridgehead atoms. The zero-order valence-electron chi connectivity index (χ0n) is 12.6. The molecule has 0 spiro atoms. The van der Waals surface area contributed by atoms with Gasteiger partial charge in [0.15, 0.2) is 5.13 Å². The van der Waals surface area contributed by atoms with Gasteiger partial charge in [0.05, 0.1) is 6.42 Å². The van der Waals surface area contributed by atoms with Gasteiger partial charge in [-0.1, -0.05) is 44.2 Å². The molecule has 116 valence electrons. The van der Waals surface area contributed by atoms with E-state index in [2.05, 4.69) is 15.6 Å². The van der Waals surface area contributed by atoms with Crippen LogP contribution in [-0.2, 0) is 16.0 Å². The highest BCUT2D eigenvalue weighted by atomic mass is 32.1. The highest BCUT2D eigenvalue weighted by Gasteiger charge is 2.24. The number of benzene rings is 1. The van der Waals surface area contributed by atoms with Gasteiger partial charge in [-0.2, -0.15) is 0 Å². The minimum absolute atomic E-state index is 0.0142. The van der Waals surface area contributed by atoms with Crippen molar-refractivity contribution in [1.82, 2.24) is 10.3 Å². The molecule has 1 aromatic heterocycles. The lowest BCUT2D eigenvalue weighted by Crippen LogP contribution is -2.47. The molecule has 0 radical (unpaired) electrons. The van der Waals surface area contributed by atoms with Gasteiger partial charge in [0, 0.05) is 11.6 Å². The van der Waals surface area contributed by atoms with Crippen LogP contribution in [0.5, 0.6) is 0 Å². The third-order valence-electron chi connectivity index (χ3n) is 3.14. The zero-order chi connectivity index (χ0) is 15.9. The Morgan fingerprint density at radius 2 is 1.95 bits per heavy atom. The number of hydrogen-bond donors (Lipinski definition) is 2. The second-order valence-electron chi connectivity index (χ2n) is 5.28. The van der Waals surface area contributed by atoms with Gasteiger partial charge in [0.2, 0.25) is 11.8 Å². The van der Waals surface area contributed by atoms with Crippen LogP contribution in [0.2, 0.25) is 0 Å². The molecular formula is C16H19N3O2S. The van der Waals surface area contributed by atoms with Crippen molar-refractivity contribution < 1.29 is 9.59 Å². The molecule has 2 N–H and O–H groups in total. The van der Waals surface area contributed by atoms with E-state index in [9.17, 15) is 9.59 Å². The van der Waals surface area contributed by atoms with E-state index in [0.717, 1.165) is 5.56 Å². The summed E-state index contributed by atoms with van der Waals surface area (Å²) in [6, 6.07) is 8.87. The van der Waals surface area contributed by atoms with Crippen molar-refractivity contribution in [3.63, 3.8) is 0 Å². The largest absolute Gasteiger partial charge is 0.344 e. The molecule has 0 saturated heterocycles. The van der Waals surface area contributed by atoms with Crippen LogP contribution in [-0.4, -0.2) is 22.8 Å². The van der Waals surface area contributed by atoms with Gasteiger partial charge in [-0.25, -0.2) is 4.98 Å². The molecule has 2 amide bonds. The minimum Gasteiger partial charge on any atom is -0.344 e. The number of anilines is 1. The summed E-state index contributed by atoms with van der Waals surface area (Å²) in [6.07, 6.45) is 1.88. The SMILES string of the molecule is CC(C)[C@@H](NC(=O)Cc1ccccc1)C(=O)Nc1nccs1. The quantitative estimate of drug-likeness (QED) is 0.860. The van der Waals surface area contributed by atoms with Gasteiger partial charge >= 0.3 is 0 Å². The third kappa shape index (κ3) is 4.66. The Morgan fingerprint density at radius 3 is 2.55 bits per heavy atom. The molecule has 5 nitrogen and oxygen atoms in total. The maximum atomic E-state index is 12.3. The highest BCUT2D eigenvalue weighted by molar-refractivity contribution is 7.13. The van der Waals surface area contributed by atoms with Gasteiger partial charge in [-0.3, -0.25) is 9.59 Å². The van der Waals surface area contributed by atoms with Gasteiger partial charge < -0.3 is 10.6 Å². The molecule has 0 saturated carbocycles. The Hall–Kier alpha value is -2.21. The van der Waals surface area contributed by atoms with Crippen LogP contribution < -0.4 is 10.6 Å². The fourth-order valence-electron chi connectivity index (χ4n) is 2.01.